The van der Waals surface area contributed by atoms with E-state index < -0.39 is 5.92 Å². The van der Waals surface area contributed by atoms with Crippen molar-refractivity contribution in [1.29, 1.82) is 0 Å². The molecular weight excluding hydrogens is 318 g/mol. The third kappa shape index (κ3) is 3.63. The van der Waals surface area contributed by atoms with Crippen LogP contribution in [0.4, 0.5) is 13.6 Å². The van der Waals surface area contributed by atoms with Gasteiger partial charge in [-0.2, -0.15) is 0 Å². The minimum absolute atomic E-state index is 0.0840. The maximum atomic E-state index is 13.2. The Morgan fingerprint density at radius 1 is 0.958 bits per heavy atom. The van der Waals surface area contributed by atoms with Gasteiger partial charge in [0.25, 0.3) is 11.8 Å². The summed E-state index contributed by atoms with van der Waals surface area (Å²) in [5.74, 6) is -2.76. The Hall–Kier alpha value is -2.25. The van der Waals surface area contributed by atoms with Crippen molar-refractivity contribution in [2.75, 3.05) is 39.3 Å². The van der Waals surface area contributed by atoms with Crippen LogP contribution in [0.3, 0.4) is 0 Å². The van der Waals surface area contributed by atoms with Gasteiger partial charge >= 0.3 is 6.03 Å². The number of carbonyl (C=O) groups is 2. The van der Waals surface area contributed by atoms with Crippen molar-refractivity contribution < 1.29 is 18.4 Å². The highest BCUT2D eigenvalue weighted by molar-refractivity contribution is 5.94. The van der Waals surface area contributed by atoms with Crippen LogP contribution in [0.15, 0.2) is 24.5 Å². The molecule has 0 atom stereocenters. The second kappa shape index (κ2) is 6.70. The largest absolute Gasteiger partial charge is 0.335 e. The summed E-state index contributed by atoms with van der Waals surface area (Å²) in [5, 5.41) is 0. The van der Waals surface area contributed by atoms with Gasteiger partial charge in [-0.05, 0) is 12.1 Å². The van der Waals surface area contributed by atoms with Crippen LogP contribution in [0.5, 0.6) is 0 Å². The predicted molar refractivity (Wildman–Crippen MR) is 82.9 cm³/mol. The number of likely N-dealkylation sites (tertiary alicyclic amines) is 1. The average Bonchev–Trinajstić information content (AvgIpc) is 2.61. The first-order valence-corrected chi connectivity index (χ1v) is 8.07. The molecule has 24 heavy (non-hydrogen) atoms. The maximum Gasteiger partial charge on any atom is 0.320 e. The van der Waals surface area contributed by atoms with Gasteiger partial charge in [-0.15, -0.1) is 0 Å². The number of carbonyl (C=O) groups excluding carboxylic acids is 2. The molecule has 3 rings (SSSR count). The lowest BCUT2D eigenvalue weighted by Crippen LogP contribution is -2.55. The number of hydrogen-bond donors (Lipinski definition) is 0. The number of nitrogens with zero attached hydrogens (tertiary/aromatic N) is 4. The van der Waals surface area contributed by atoms with Gasteiger partial charge in [-0.25, -0.2) is 13.6 Å². The number of halogens is 2. The summed E-state index contributed by atoms with van der Waals surface area (Å²) in [5.41, 5.74) is 0.524. The van der Waals surface area contributed by atoms with E-state index in [-0.39, 0.29) is 37.9 Å². The van der Waals surface area contributed by atoms with Crippen molar-refractivity contribution in [3.8, 4) is 0 Å². The first kappa shape index (κ1) is 16.6. The highest BCUT2D eigenvalue weighted by atomic mass is 19.3. The molecule has 3 heterocycles. The minimum atomic E-state index is -2.66. The van der Waals surface area contributed by atoms with E-state index in [2.05, 4.69) is 4.98 Å². The lowest BCUT2D eigenvalue weighted by molar-refractivity contribution is -0.0497. The van der Waals surface area contributed by atoms with E-state index in [9.17, 15) is 18.4 Å². The van der Waals surface area contributed by atoms with E-state index in [1.54, 1.807) is 28.1 Å². The third-order valence-corrected chi connectivity index (χ3v) is 4.51. The van der Waals surface area contributed by atoms with Crippen molar-refractivity contribution >= 4 is 11.9 Å². The Morgan fingerprint density at radius 2 is 1.54 bits per heavy atom. The highest BCUT2D eigenvalue weighted by Crippen LogP contribution is 2.28. The molecule has 0 aromatic carbocycles. The molecule has 1 aromatic heterocycles. The first-order chi connectivity index (χ1) is 11.5. The van der Waals surface area contributed by atoms with E-state index in [0.29, 0.717) is 31.7 Å². The van der Waals surface area contributed by atoms with Gasteiger partial charge in [0, 0.05) is 64.5 Å². The van der Waals surface area contributed by atoms with Crippen LogP contribution < -0.4 is 0 Å². The molecule has 2 aliphatic rings. The van der Waals surface area contributed by atoms with Crippen LogP contribution >= 0.6 is 0 Å². The van der Waals surface area contributed by atoms with Gasteiger partial charge in [0.1, 0.15) is 0 Å². The number of aromatic nitrogens is 1. The fourth-order valence-electron chi connectivity index (χ4n) is 3.00. The zero-order chi connectivity index (χ0) is 17.2. The standard InChI is InChI=1S/C16H20F2N4O2/c17-16(18)3-6-21(7-4-16)15(24)22-10-8-20(9-11-22)14(23)13-2-1-5-19-12-13/h1-2,5,12H,3-4,6-11H2. The number of amides is 3. The predicted octanol–water partition coefficient (Wildman–Crippen LogP) is 1.69. The van der Waals surface area contributed by atoms with E-state index in [1.165, 1.54) is 11.1 Å². The molecular formula is C16H20F2N4O2. The van der Waals surface area contributed by atoms with Gasteiger partial charge in [0.05, 0.1) is 5.56 Å². The van der Waals surface area contributed by atoms with Crippen LogP contribution in [0.1, 0.15) is 23.2 Å². The molecule has 2 fully saturated rings. The van der Waals surface area contributed by atoms with Gasteiger partial charge in [-0.3, -0.25) is 9.78 Å². The lowest BCUT2D eigenvalue weighted by Gasteiger charge is -2.39. The van der Waals surface area contributed by atoms with E-state index in [1.807, 2.05) is 0 Å². The topological polar surface area (TPSA) is 56.8 Å². The molecule has 0 radical (unpaired) electrons. The van der Waals surface area contributed by atoms with Crippen LogP contribution in [0.25, 0.3) is 0 Å². The summed E-state index contributed by atoms with van der Waals surface area (Å²) in [6.07, 6.45) is 2.57. The fourth-order valence-corrected chi connectivity index (χ4v) is 3.00. The lowest BCUT2D eigenvalue weighted by atomic mass is 10.1. The number of pyridine rings is 1. The summed E-state index contributed by atoms with van der Waals surface area (Å²) < 4.78 is 26.4. The molecule has 3 amide bonds. The molecule has 2 aliphatic heterocycles. The zero-order valence-electron chi connectivity index (χ0n) is 13.3. The van der Waals surface area contributed by atoms with Crippen LogP contribution in [0, 0.1) is 0 Å². The second-order valence-electron chi connectivity index (χ2n) is 6.15. The molecule has 6 nitrogen and oxygen atoms in total. The minimum Gasteiger partial charge on any atom is -0.335 e. The number of rotatable bonds is 1. The third-order valence-electron chi connectivity index (χ3n) is 4.51. The summed E-state index contributed by atoms with van der Waals surface area (Å²) in [6.45, 7) is 1.86. The summed E-state index contributed by atoms with van der Waals surface area (Å²) in [7, 11) is 0. The number of urea groups is 1. The van der Waals surface area contributed by atoms with Gasteiger partial charge in [0.2, 0.25) is 0 Å². The smallest absolute Gasteiger partial charge is 0.320 e. The summed E-state index contributed by atoms with van der Waals surface area (Å²) >= 11 is 0. The average molecular weight is 338 g/mol. The van der Waals surface area contributed by atoms with Crippen molar-refractivity contribution in [2.45, 2.75) is 18.8 Å². The van der Waals surface area contributed by atoms with Crippen molar-refractivity contribution in [2.24, 2.45) is 0 Å². The quantitative estimate of drug-likeness (QED) is 0.783. The molecule has 0 saturated carbocycles. The number of alkyl halides is 2. The second-order valence-corrected chi connectivity index (χ2v) is 6.15. The normalized spacial score (nSPS) is 20.8. The Bertz CT molecular complexity index is 593. The maximum absolute atomic E-state index is 13.2. The first-order valence-electron chi connectivity index (χ1n) is 8.07. The van der Waals surface area contributed by atoms with E-state index in [0.717, 1.165) is 0 Å². The van der Waals surface area contributed by atoms with Gasteiger partial charge in [-0.1, -0.05) is 0 Å². The van der Waals surface area contributed by atoms with Gasteiger partial charge in [0.15, 0.2) is 0 Å². The monoisotopic (exact) mass is 338 g/mol. The van der Waals surface area contributed by atoms with Gasteiger partial charge < -0.3 is 14.7 Å². The molecule has 8 heteroatoms. The molecule has 0 unspecified atom stereocenters. The number of hydrogen-bond acceptors (Lipinski definition) is 3. The Morgan fingerprint density at radius 3 is 2.12 bits per heavy atom. The van der Waals surface area contributed by atoms with E-state index in [4.69, 9.17) is 0 Å². The SMILES string of the molecule is O=C(c1cccnc1)N1CCN(C(=O)N2CCC(F)(F)CC2)CC1. The van der Waals surface area contributed by atoms with Crippen LogP contribution in [-0.2, 0) is 0 Å². The molecule has 0 bridgehead atoms. The molecule has 0 spiro atoms. The highest BCUT2D eigenvalue weighted by Gasteiger charge is 2.37. The van der Waals surface area contributed by atoms with Crippen LogP contribution in [-0.4, -0.2) is 76.8 Å². The molecule has 0 aliphatic carbocycles. The number of piperazine rings is 1. The Kier molecular flexibility index (Phi) is 4.64. The molecule has 0 N–H and O–H groups in total. The summed E-state index contributed by atoms with van der Waals surface area (Å²) in [4.78, 5) is 33.5. The molecule has 2 saturated heterocycles. The molecule has 1 aromatic rings. The zero-order valence-corrected chi connectivity index (χ0v) is 13.3. The summed E-state index contributed by atoms with van der Waals surface area (Å²) in [6, 6.07) is 3.21. The molecule has 130 valence electrons. The Labute approximate surface area is 139 Å². The fraction of sp³-hybridized carbons (Fsp3) is 0.562. The van der Waals surface area contributed by atoms with Crippen LogP contribution in [0.2, 0.25) is 0 Å². The van der Waals surface area contributed by atoms with E-state index >= 15 is 0 Å². The Balaban J connectivity index is 1.52. The number of piperidine rings is 1. The van der Waals surface area contributed by atoms with Crippen molar-refractivity contribution in [1.82, 2.24) is 19.7 Å². The van der Waals surface area contributed by atoms with Crippen molar-refractivity contribution in [3.63, 3.8) is 0 Å². The van der Waals surface area contributed by atoms with Crippen molar-refractivity contribution in [3.05, 3.63) is 30.1 Å².